The van der Waals surface area contributed by atoms with Crippen molar-refractivity contribution in [1.82, 2.24) is 4.90 Å². The van der Waals surface area contributed by atoms with Crippen molar-refractivity contribution in [1.29, 1.82) is 0 Å². The molecule has 1 fully saturated rings. The van der Waals surface area contributed by atoms with Crippen molar-refractivity contribution < 1.29 is 36.6 Å². The number of aliphatic imine (C=N–C) groups is 1. The zero-order valence-electron chi connectivity index (χ0n) is 23.5. The zero-order chi connectivity index (χ0) is 31.1. The second kappa shape index (κ2) is 13.7. The second-order valence-electron chi connectivity index (χ2n) is 9.31. The molecule has 0 bridgehead atoms. The van der Waals surface area contributed by atoms with E-state index in [1.54, 1.807) is 18.1 Å². The fourth-order valence-electron chi connectivity index (χ4n) is 4.46. The highest BCUT2D eigenvalue weighted by Gasteiger charge is 2.33. The Labute approximate surface area is 251 Å². The number of guanidine groups is 1. The number of nitrogens with one attached hydrogen (secondary N) is 1. The van der Waals surface area contributed by atoms with Crippen LogP contribution < -0.4 is 19.7 Å². The van der Waals surface area contributed by atoms with E-state index in [4.69, 9.17) is 21.1 Å². The van der Waals surface area contributed by atoms with Gasteiger partial charge in [0.1, 0.15) is 17.3 Å². The van der Waals surface area contributed by atoms with E-state index in [2.05, 4.69) is 19.9 Å². The summed E-state index contributed by atoms with van der Waals surface area (Å²) in [5, 5.41) is 2.65. The summed E-state index contributed by atoms with van der Waals surface area (Å²) in [5.74, 6) is -0.664. The minimum Gasteiger partial charge on any atom is -0.497 e. The molecule has 43 heavy (non-hydrogen) atoms. The van der Waals surface area contributed by atoms with Gasteiger partial charge in [0.15, 0.2) is 5.75 Å². The quantitative estimate of drug-likeness (QED) is 0.105. The molecule has 1 aliphatic rings. The van der Waals surface area contributed by atoms with Gasteiger partial charge < -0.3 is 29.3 Å². The van der Waals surface area contributed by atoms with Gasteiger partial charge in [-0.3, -0.25) is 0 Å². The molecular formula is C30H29ClF4N4O4. The molecule has 0 saturated carbocycles. The molecule has 3 aromatic carbocycles. The lowest BCUT2D eigenvalue weighted by molar-refractivity contribution is -0.137. The first-order valence-electron chi connectivity index (χ1n) is 13.0. The van der Waals surface area contributed by atoms with Crippen LogP contribution in [0.1, 0.15) is 11.1 Å². The van der Waals surface area contributed by atoms with Gasteiger partial charge in [-0.05, 0) is 36.4 Å². The van der Waals surface area contributed by atoms with Crippen LogP contribution >= 0.6 is 11.6 Å². The first-order valence-corrected chi connectivity index (χ1v) is 13.4. The largest absolute Gasteiger partial charge is 0.497 e. The maximum absolute atomic E-state index is 15.2. The number of ether oxygens (including phenoxy) is 3. The van der Waals surface area contributed by atoms with E-state index < -0.39 is 23.5 Å². The molecule has 1 saturated heterocycles. The van der Waals surface area contributed by atoms with Crippen LogP contribution in [0.5, 0.6) is 11.5 Å². The van der Waals surface area contributed by atoms with Crippen LogP contribution in [0.15, 0.2) is 65.7 Å². The molecule has 0 radical (unpaired) electrons. The van der Waals surface area contributed by atoms with Crippen molar-refractivity contribution in [3.8, 4) is 11.5 Å². The molecular weight excluding hydrogens is 592 g/mol. The topological polar surface area (TPSA) is 75.6 Å². The van der Waals surface area contributed by atoms with Crippen molar-refractivity contribution in [3.63, 3.8) is 0 Å². The zero-order valence-corrected chi connectivity index (χ0v) is 24.3. The van der Waals surface area contributed by atoms with Crippen LogP contribution in [0, 0.1) is 5.82 Å². The van der Waals surface area contributed by atoms with E-state index in [9.17, 15) is 18.0 Å². The number of piperazine rings is 1. The highest BCUT2D eigenvalue weighted by atomic mass is 35.5. The number of esters is 1. The minimum atomic E-state index is -4.69. The molecule has 1 N–H and O–H groups in total. The Bertz CT molecular complexity index is 1520. The molecule has 0 atom stereocenters. The predicted molar refractivity (Wildman–Crippen MR) is 158 cm³/mol. The number of halogens is 5. The van der Waals surface area contributed by atoms with E-state index >= 15 is 4.39 Å². The molecule has 3 aromatic rings. The van der Waals surface area contributed by atoms with Crippen molar-refractivity contribution >= 4 is 46.7 Å². The summed E-state index contributed by atoms with van der Waals surface area (Å²) < 4.78 is 71.5. The maximum Gasteiger partial charge on any atom is 0.416 e. The summed E-state index contributed by atoms with van der Waals surface area (Å²) in [6.07, 6.45) is -2.24. The number of hydrogen-bond donors (Lipinski definition) is 1. The number of nitrogens with zero attached hydrogens (tertiary/aromatic N) is 3. The van der Waals surface area contributed by atoms with E-state index in [1.807, 2.05) is 24.3 Å². The van der Waals surface area contributed by atoms with E-state index in [-0.39, 0.29) is 33.7 Å². The summed E-state index contributed by atoms with van der Waals surface area (Å²) in [6, 6.07) is 13.4. The Morgan fingerprint density at radius 2 is 1.72 bits per heavy atom. The van der Waals surface area contributed by atoms with Gasteiger partial charge >= 0.3 is 12.1 Å². The van der Waals surface area contributed by atoms with Crippen LogP contribution in [0.4, 0.5) is 34.6 Å². The first kappa shape index (κ1) is 31.5. The molecule has 13 heteroatoms. The van der Waals surface area contributed by atoms with E-state index in [0.29, 0.717) is 31.9 Å². The number of alkyl halides is 3. The molecule has 1 heterocycles. The van der Waals surface area contributed by atoms with Crippen LogP contribution in [0.2, 0.25) is 5.02 Å². The molecule has 0 unspecified atom stereocenters. The van der Waals surface area contributed by atoms with Gasteiger partial charge in [0.25, 0.3) is 0 Å². The monoisotopic (exact) mass is 620 g/mol. The van der Waals surface area contributed by atoms with Crippen LogP contribution in [-0.2, 0) is 15.7 Å². The van der Waals surface area contributed by atoms with Crippen molar-refractivity contribution in [2.75, 3.05) is 57.7 Å². The molecule has 228 valence electrons. The highest BCUT2D eigenvalue weighted by Crippen LogP contribution is 2.40. The molecule has 0 aromatic heterocycles. The van der Waals surface area contributed by atoms with Gasteiger partial charge in [0.05, 0.1) is 37.6 Å². The Hall–Kier alpha value is -4.45. The minimum absolute atomic E-state index is 0.0447. The smallest absolute Gasteiger partial charge is 0.416 e. The lowest BCUT2D eigenvalue weighted by atomic mass is 10.1. The van der Waals surface area contributed by atoms with E-state index in [1.165, 1.54) is 32.4 Å². The SMILES string of the molecule is COC(=O)/C=C/c1cccc(F)c1N=C(Nc1cc(C(F)(F)F)cc(Cl)c1OC)N1CCN(c2cccc(OC)c2)CC1. The number of para-hydroxylation sites is 1. The van der Waals surface area contributed by atoms with Gasteiger partial charge in [-0.25, -0.2) is 14.2 Å². The van der Waals surface area contributed by atoms with Crippen molar-refractivity contribution in [2.45, 2.75) is 6.18 Å². The number of methoxy groups -OCH3 is 3. The molecule has 4 rings (SSSR count). The predicted octanol–water partition coefficient (Wildman–Crippen LogP) is 6.62. The first-order chi connectivity index (χ1) is 20.5. The molecule has 0 amide bonds. The lowest BCUT2D eigenvalue weighted by Gasteiger charge is -2.38. The average Bonchev–Trinajstić information content (AvgIpc) is 3.00. The number of carbonyl (C=O) groups excluding carboxylic acids is 1. The number of benzene rings is 3. The Morgan fingerprint density at radius 1 is 1.00 bits per heavy atom. The van der Waals surface area contributed by atoms with Gasteiger partial charge in [0, 0.05) is 49.6 Å². The Morgan fingerprint density at radius 3 is 2.37 bits per heavy atom. The van der Waals surface area contributed by atoms with Gasteiger partial charge in [0.2, 0.25) is 5.96 Å². The Kier molecular flexibility index (Phi) is 10.0. The fraction of sp³-hybridized carbons (Fsp3) is 0.267. The molecule has 0 aliphatic carbocycles. The van der Waals surface area contributed by atoms with Crippen LogP contribution in [-0.4, -0.2) is 64.3 Å². The summed E-state index contributed by atoms with van der Waals surface area (Å²) in [4.78, 5) is 20.1. The van der Waals surface area contributed by atoms with Crippen molar-refractivity contribution in [2.24, 2.45) is 4.99 Å². The van der Waals surface area contributed by atoms with E-state index in [0.717, 1.165) is 23.9 Å². The second-order valence-corrected chi connectivity index (χ2v) is 9.71. The molecule has 0 spiro atoms. The standard InChI is InChI=1S/C30H29ClF4N4O4/c1-41-22-8-5-7-21(18-22)38-12-14-39(15-13-38)29(36-25-17-20(30(33,34)35)16-23(31)28(25)43-3)37-27-19(6-4-9-24(27)32)10-11-26(40)42-2/h4-11,16-18H,12-15H2,1-3H3,(H,36,37)/b11-10+. The summed E-state index contributed by atoms with van der Waals surface area (Å²) in [5.41, 5.74) is -0.0813. The van der Waals surface area contributed by atoms with Crippen LogP contribution in [0.25, 0.3) is 6.08 Å². The van der Waals surface area contributed by atoms with Crippen LogP contribution in [0.3, 0.4) is 0 Å². The number of carbonyl (C=O) groups is 1. The Balaban J connectivity index is 1.76. The molecule has 1 aliphatic heterocycles. The van der Waals surface area contributed by atoms with Gasteiger partial charge in [-0.2, -0.15) is 13.2 Å². The third-order valence-corrected chi connectivity index (χ3v) is 6.94. The summed E-state index contributed by atoms with van der Waals surface area (Å²) >= 11 is 6.17. The number of hydrogen-bond acceptors (Lipinski definition) is 6. The normalized spacial score (nSPS) is 14.2. The number of anilines is 2. The van der Waals surface area contributed by atoms with Gasteiger partial charge in [-0.1, -0.05) is 29.8 Å². The lowest BCUT2D eigenvalue weighted by Crippen LogP contribution is -2.50. The highest BCUT2D eigenvalue weighted by molar-refractivity contribution is 6.32. The average molecular weight is 621 g/mol. The molecule has 8 nitrogen and oxygen atoms in total. The fourth-order valence-corrected chi connectivity index (χ4v) is 4.75. The third kappa shape index (κ3) is 7.69. The maximum atomic E-state index is 15.2. The third-order valence-electron chi connectivity index (χ3n) is 6.66. The van der Waals surface area contributed by atoms with Crippen molar-refractivity contribution in [3.05, 3.63) is 82.6 Å². The van der Waals surface area contributed by atoms with Gasteiger partial charge in [-0.15, -0.1) is 0 Å². The summed E-state index contributed by atoms with van der Waals surface area (Å²) in [7, 11) is 4.06. The summed E-state index contributed by atoms with van der Waals surface area (Å²) in [6.45, 7) is 1.78. The number of rotatable bonds is 7.